The van der Waals surface area contributed by atoms with Crippen LogP contribution in [0.2, 0.25) is 0 Å². The van der Waals surface area contributed by atoms with E-state index < -0.39 is 6.10 Å². The molecule has 3 rings (SSSR count). The summed E-state index contributed by atoms with van der Waals surface area (Å²) in [5.74, 6) is 0. The van der Waals surface area contributed by atoms with Gasteiger partial charge in [0.15, 0.2) is 0 Å². The molecule has 2 nitrogen and oxygen atoms in total. The number of hydrogen-bond donors (Lipinski definition) is 1. The number of nitrogens with zero attached hydrogens (tertiary/aromatic N) is 1. The van der Waals surface area contributed by atoms with Crippen LogP contribution in [0.3, 0.4) is 0 Å². The first-order chi connectivity index (χ1) is 8.77. The number of thiophene rings is 1. The monoisotopic (exact) mass is 319 g/mol. The summed E-state index contributed by atoms with van der Waals surface area (Å²) >= 11 is 4.98. The molecule has 1 atom stereocenters. The zero-order valence-corrected chi connectivity index (χ0v) is 11.8. The van der Waals surface area contributed by atoms with E-state index in [2.05, 4.69) is 20.9 Å². The molecule has 0 bridgehead atoms. The summed E-state index contributed by atoms with van der Waals surface area (Å²) in [5, 5.41) is 14.5. The van der Waals surface area contributed by atoms with Crippen molar-refractivity contribution >= 4 is 38.0 Å². The molecule has 0 spiro atoms. The molecule has 90 valence electrons. The summed E-state index contributed by atoms with van der Waals surface area (Å²) in [6, 6.07) is 11.9. The first-order valence-electron chi connectivity index (χ1n) is 5.52. The van der Waals surface area contributed by atoms with Crippen LogP contribution in [0.1, 0.15) is 16.7 Å². The Balaban J connectivity index is 2.18. The van der Waals surface area contributed by atoms with Crippen LogP contribution in [0, 0.1) is 0 Å². The molecule has 0 aliphatic rings. The van der Waals surface area contributed by atoms with Crippen LogP contribution in [-0.2, 0) is 0 Å². The Kier molecular flexibility index (Phi) is 3.16. The van der Waals surface area contributed by atoms with E-state index in [9.17, 15) is 5.11 Å². The van der Waals surface area contributed by atoms with Gasteiger partial charge in [0.2, 0.25) is 0 Å². The molecule has 1 unspecified atom stereocenters. The van der Waals surface area contributed by atoms with E-state index in [4.69, 9.17) is 0 Å². The fourth-order valence-electron chi connectivity index (χ4n) is 1.99. The van der Waals surface area contributed by atoms with Crippen LogP contribution in [-0.4, -0.2) is 10.1 Å². The molecule has 3 aromatic rings. The maximum absolute atomic E-state index is 10.5. The van der Waals surface area contributed by atoms with Gasteiger partial charge in [-0.25, -0.2) is 0 Å². The van der Waals surface area contributed by atoms with Gasteiger partial charge in [0.05, 0.1) is 10.6 Å². The number of aromatic nitrogens is 1. The van der Waals surface area contributed by atoms with E-state index in [1.807, 2.05) is 41.8 Å². The summed E-state index contributed by atoms with van der Waals surface area (Å²) in [4.78, 5) is 5.23. The molecule has 0 aliphatic carbocycles. The van der Waals surface area contributed by atoms with Crippen molar-refractivity contribution < 1.29 is 5.11 Å². The number of benzene rings is 1. The second kappa shape index (κ2) is 4.80. The van der Waals surface area contributed by atoms with Gasteiger partial charge in [-0.05, 0) is 38.8 Å². The lowest BCUT2D eigenvalue weighted by Gasteiger charge is -2.11. The first kappa shape index (κ1) is 11.8. The number of fused-ring (bicyclic) bond motifs is 1. The molecule has 2 heterocycles. The van der Waals surface area contributed by atoms with E-state index in [1.165, 1.54) is 11.3 Å². The third-order valence-corrected chi connectivity index (χ3v) is 4.78. The van der Waals surface area contributed by atoms with Crippen molar-refractivity contribution in [3.8, 4) is 0 Å². The first-order valence-corrected chi connectivity index (χ1v) is 7.19. The van der Waals surface area contributed by atoms with Crippen molar-refractivity contribution in [3.05, 3.63) is 63.0 Å². The third kappa shape index (κ3) is 1.96. The van der Waals surface area contributed by atoms with Crippen molar-refractivity contribution in [2.75, 3.05) is 0 Å². The molecule has 1 aromatic carbocycles. The maximum Gasteiger partial charge on any atom is 0.132 e. The largest absolute Gasteiger partial charge is 0.381 e. The number of rotatable bonds is 2. The van der Waals surface area contributed by atoms with Crippen LogP contribution in [0.5, 0.6) is 0 Å². The highest BCUT2D eigenvalue weighted by Gasteiger charge is 2.18. The molecule has 4 heteroatoms. The van der Waals surface area contributed by atoms with Gasteiger partial charge in [0.25, 0.3) is 0 Å². The van der Waals surface area contributed by atoms with Gasteiger partial charge in [0, 0.05) is 16.1 Å². The Morgan fingerprint density at radius 3 is 2.78 bits per heavy atom. The highest BCUT2D eigenvalue weighted by atomic mass is 79.9. The molecule has 0 saturated carbocycles. The van der Waals surface area contributed by atoms with Crippen molar-refractivity contribution in [2.45, 2.75) is 6.10 Å². The second-order valence-corrected chi connectivity index (χ2v) is 5.75. The number of halogens is 1. The Hall–Kier alpha value is -1.23. The predicted molar refractivity (Wildman–Crippen MR) is 77.8 cm³/mol. The Labute approximate surface area is 117 Å². The van der Waals surface area contributed by atoms with Gasteiger partial charge in [-0.15, -0.1) is 11.3 Å². The predicted octanol–water partition coefficient (Wildman–Crippen LogP) is 4.14. The van der Waals surface area contributed by atoms with Crippen molar-refractivity contribution in [2.24, 2.45) is 0 Å². The van der Waals surface area contributed by atoms with Crippen LogP contribution >= 0.6 is 27.3 Å². The summed E-state index contributed by atoms with van der Waals surface area (Å²) < 4.78 is 0.926. The zero-order chi connectivity index (χ0) is 12.5. The van der Waals surface area contributed by atoms with Gasteiger partial charge in [0.1, 0.15) is 6.10 Å². The van der Waals surface area contributed by atoms with E-state index in [0.29, 0.717) is 5.69 Å². The number of aliphatic hydroxyl groups excluding tert-OH is 1. The van der Waals surface area contributed by atoms with Gasteiger partial charge in [-0.3, -0.25) is 4.98 Å². The minimum Gasteiger partial charge on any atom is -0.381 e. The molecule has 1 N–H and O–H groups in total. The van der Waals surface area contributed by atoms with E-state index in [1.54, 1.807) is 6.20 Å². The summed E-state index contributed by atoms with van der Waals surface area (Å²) in [6.07, 6.45) is 1.05. The van der Waals surface area contributed by atoms with Gasteiger partial charge in [-0.1, -0.05) is 24.3 Å². The summed E-state index contributed by atoms with van der Waals surface area (Å²) in [6.45, 7) is 0. The highest BCUT2D eigenvalue weighted by Crippen LogP contribution is 2.34. The standard InChI is InChI=1S/C14H10BrNOS/c15-11-6-8-18-14(11)13(17)12-10-4-2-1-3-9(10)5-7-16-12/h1-8,13,17H. The fourth-order valence-corrected chi connectivity index (χ4v) is 3.56. The normalized spacial score (nSPS) is 12.8. The van der Waals surface area contributed by atoms with Crippen LogP contribution in [0.4, 0.5) is 0 Å². The minimum atomic E-state index is -0.689. The SMILES string of the molecule is OC(c1sccc1Br)c1nccc2ccccc12. The van der Waals surface area contributed by atoms with Crippen LogP contribution < -0.4 is 0 Å². The maximum atomic E-state index is 10.5. The van der Waals surface area contributed by atoms with E-state index in [-0.39, 0.29) is 0 Å². The lowest BCUT2D eigenvalue weighted by molar-refractivity contribution is 0.220. The van der Waals surface area contributed by atoms with E-state index in [0.717, 1.165) is 20.1 Å². The van der Waals surface area contributed by atoms with Crippen LogP contribution in [0.15, 0.2) is 52.4 Å². The summed E-state index contributed by atoms with van der Waals surface area (Å²) in [7, 11) is 0. The molecule has 2 aromatic heterocycles. The lowest BCUT2D eigenvalue weighted by atomic mass is 10.1. The van der Waals surface area contributed by atoms with Crippen LogP contribution in [0.25, 0.3) is 10.8 Å². The topological polar surface area (TPSA) is 33.1 Å². The average molecular weight is 320 g/mol. The smallest absolute Gasteiger partial charge is 0.132 e. The van der Waals surface area contributed by atoms with Gasteiger partial charge in [-0.2, -0.15) is 0 Å². The average Bonchev–Trinajstić information content (AvgIpc) is 2.83. The molecule has 0 radical (unpaired) electrons. The number of pyridine rings is 1. The second-order valence-electron chi connectivity index (χ2n) is 3.95. The molecule has 18 heavy (non-hydrogen) atoms. The van der Waals surface area contributed by atoms with E-state index >= 15 is 0 Å². The Morgan fingerprint density at radius 2 is 2.00 bits per heavy atom. The van der Waals surface area contributed by atoms with Crippen molar-refractivity contribution in [3.63, 3.8) is 0 Å². The highest BCUT2D eigenvalue weighted by molar-refractivity contribution is 9.10. The molecular weight excluding hydrogens is 310 g/mol. The fraction of sp³-hybridized carbons (Fsp3) is 0.0714. The molecule has 0 aliphatic heterocycles. The quantitative estimate of drug-likeness (QED) is 0.770. The van der Waals surface area contributed by atoms with Crippen molar-refractivity contribution in [1.82, 2.24) is 4.98 Å². The molecule has 0 saturated heterocycles. The molecule has 0 fully saturated rings. The number of aliphatic hydroxyl groups is 1. The molecular formula is C14H10BrNOS. The Morgan fingerprint density at radius 1 is 1.17 bits per heavy atom. The zero-order valence-electron chi connectivity index (χ0n) is 9.38. The molecule has 0 amide bonds. The van der Waals surface area contributed by atoms with Gasteiger partial charge < -0.3 is 5.11 Å². The lowest BCUT2D eigenvalue weighted by Crippen LogP contribution is -2.01. The third-order valence-electron chi connectivity index (χ3n) is 2.86. The Bertz CT molecular complexity index is 690. The summed E-state index contributed by atoms with van der Waals surface area (Å²) in [5.41, 5.74) is 0.705. The van der Waals surface area contributed by atoms with Gasteiger partial charge >= 0.3 is 0 Å². The number of hydrogen-bond acceptors (Lipinski definition) is 3. The minimum absolute atomic E-state index is 0.689. The van der Waals surface area contributed by atoms with Crippen molar-refractivity contribution in [1.29, 1.82) is 0 Å².